The number of ketones is 1. The Balaban J connectivity index is 3.12. The number of aliphatic hydroxyl groups is 1. The predicted molar refractivity (Wildman–Crippen MR) is 65.5 cm³/mol. The first-order chi connectivity index (χ1) is 7.36. The second-order valence-electron chi connectivity index (χ2n) is 4.43. The maximum atomic E-state index is 12.1. The van der Waals surface area contributed by atoms with E-state index in [2.05, 4.69) is 21.0 Å². The summed E-state index contributed by atoms with van der Waals surface area (Å²) < 4.78 is 2.25. The first-order valence-electron chi connectivity index (χ1n) is 5.31. The lowest BCUT2D eigenvalue weighted by Crippen LogP contribution is -2.29. The van der Waals surface area contributed by atoms with Crippen LogP contribution in [-0.2, 0) is 0 Å². The molecule has 0 aliphatic carbocycles. The van der Waals surface area contributed by atoms with Gasteiger partial charge in [0, 0.05) is 6.04 Å². The molecule has 0 spiro atoms. The van der Waals surface area contributed by atoms with Crippen molar-refractivity contribution in [3.63, 3.8) is 0 Å². The van der Waals surface area contributed by atoms with E-state index in [9.17, 15) is 9.90 Å². The van der Waals surface area contributed by atoms with Gasteiger partial charge in [-0.3, -0.25) is 9.48 Å². The van der Waals surface area contributed by atoms with Crippen LogP contribution in [0.15, 0.2) is 10.7 Å². The van der Waals surface area contributed by atoms with E-state index in [1.54, 1.807) is 10.9 Å². The van der Waals surface area contributed by atoms with Crippen LogP contribution in [0.25, 0.3) is 0 Å². The van der Waals surface area contributed by atoms with Crippen LogP contribution >= 0.6 is 15.9 Å². The number of rotatable bonds is 4. The number of nitrogens with zero attached hydrogens (tertiary/aromatic N) is 2. The Bertz CT molecular complexity index is 385. The lowest BCUT2D eigenvalue weighted by Gasteiger charge is -2.16. The van der Waals surface area contributed by atoms with Crippen molar-refractivity contribution < 1.29 is 9.90 Å². The third kappa shape index (κ3) is 2.52. The van der Waals surface area contributed by atoms with Crippen LogP contribution in [0.2, 0.25) is 0 Å². The monoisotopic (exact) mass is 288 g/mol. The van der Waals surface area contributed by atoms with Crippen molar-refractivity contribution >= 4 is 21.7 Å². The van der Waals surface area contributed by atoms with Crippen molar-refractivity contribution in [2.45, 2.75) is 39.8 Å². The van der Waals surface area contributed by atoms with Gasteiger partial charge in [0.2, 0.25) is 5.78 Å². The molecule has 1 unspecified atom stereocenters. The standard InChI is InChI=1S/C11H17BrN2O2/c1-6(2)10(15)11(16)9-8(12)5-13-14(9)7(3)4/h5-7,10,15H,1-4H3. The summed E-state index contributed by atoms with van der Waals surface area (Å²) in [5.41, 5.74) is 0.441. The number of hydrogen-bond acceptors (Lipinski definition) is 3. The Labute approximate surface area is 104 Å². The molecule has 0 saturated heterocycles. The van der Waals surface area contributed by atoms with E-state index in [4.69, 9.17) is 0 Å². The Morgan fingerprint density at radius 2 is 2.00 bits per heavy atom. The van der Waals surface area contributed by atoms with Crippen LogP contribution in [0.1, 0.15) is 44.2 Å². The summed E-state index contributed by atoms with van der Waals surface area (Å²) in [5.74, 6) is -0.386. The molecule has 5 heteroatoms. The Morgan fingerprint density at radius 3 is 2.44 bits per heavy atom. The minimum atomic E-state index is -0.981. The van der Waals surface area contributed by atoms with E-state index in [1.807, 2.05) is 27.7 Å². The molecule has 1 atom stereocenters. The maximum absolute atomic E-state index is 12.1. The number of carbonyl (C=O) groups is 1. The zero-order chi connectivity index (χ0) is 12.5. The maximum Gasteiger partial charge on any atom is 0.210 e. The molecule has 1 heterocycles. The first kappa shape index (κ1) is 13.4. The minimum absolute atomic E-state index is 0.0876. The molecular formula is C11H17BrN2O2. The summed E-state index contributed by atoms with van der Waals surface area (Å²) in [6.07, 6.45) is 0.603. The fraction of sp³-hybridized carbons (Fsp3) is 0.636. The lowest BCUT2D eigenvalue weighted by molar-refractivity contribution is 0.0633. The molecule has 0 bridgehead atoms. The molecular weight excluding hydrogens is 272 g/mol. The normalized spacial score (nSPS) is 13.5. The number of Topliss-reactive ketones (excluding diaryl/α,β-unsaturated/α-hetero) is 1. The van der Waals surface area contributed by atoms with Gasteiger partial charge in [0.1, 0.15) is 11.8 Å². The molecule has 90 valence electrons. The zero-order valence-corrected chi connectivity index (χ0v) is 11.5. The van der Waals surface area contributed by atoms with E-state index in [1.165, 1.54) is 0 Å². The van der Waals surface area contributed by atoms with Gasteiger partial charge < -0.3 is 5.11 Å². The van der Waals surface area contributed by atoms with E-state index in [-0.39, 0.29) is 17.7 Å². The van der Waals surface area contributed by atoms with Crippen LogP contribution in [0, 0.1) is 5.92 Å². The summed E-state index contributed by atoms with van der Waals surface area (Å²) in [4.78, 5) is 12.1. The Morgan fingerprint density at radius 1 is 1.44 bits per heavy atom. The van der Waals surface area contributed by atoms with Gasteiger partial charge in [-0.05, 0) is 35.7 Å². The van der Waals surface area contributed by atoms with Crippen molar-refractivity contribution in [2.75, 3.05) is 0 Å². The average Bonchev–Trinajstić information content (AvgIpc) is 2.57. The van der Waals surface area contributed by atoms with Gasteiger partial charge in [0.25, 0.3) is 0 Å². The molecule has 1 aromatic rings. The molecule has 16 heavy (non-hydrogen) atoms. The fourth-order valence-electron chi connectivity index (χ4n) is 1.41. The van der Waals surface area contributed by atoms with Crippen molar-refractivity contribution in [1.29, 1.82) is 0 Å². The topological polar surface area (TPSA) is 55.1 Å². The number of halogens is 1. The van der Waals surface area contributed by atoms with Gasteiger partial charge in [0.15, 0.2) is 0 Å². The molecule has 0 fully saturated rings. The van der Waals surface area contributed by atoms with E-state index in [0.29, 0.717) is 10.2 Å². The number of aromatic nitrogens is 2. The summed E-state index contributed by atoms with van der Waals surface area (Å²) in [6.45, 7) is 7.51. The Kier molecular flexibility index (Phi) is 4.27. The van der Waals surface area contributed by atoms with Gasteiger partial charge in [-0.25, -0.2) is 0 Å². The first-order valence-corrected chi connectivity index (χ1v) is 6.10. The predicted octanol–water partition coefficient (Wildman–Crippen LogP) is 2.43. The largest absolute Gasteiger partial charge is 0.385 e. The highest BCUT2D eigenvalue weighted by atomic mass is 79.9. The smallest absolute Gasteiger partial charge is 0.210 e. The van der Waals surface area contributed by atoms with Gasteiger partial charge in [0.05, 0.1) is 10.7 Å². The summed E-state index contributed by atoms with van der Waals surface area (Å²) >= 11 is 3.29. The van der Waals surface area contributed by atoms with E-state index >= 15 is 0 Å². The van der Waals surface area contributed by atoms with Gasteiger partial charge >= 0.3 is 0 Å². The number of carbonyl (C=O) groups excluding carboxylic acids is 1. The quantitative estimate of drug-likeness (QED) is 0.866. The molecule has 0 aromatic carbocycles. The van der Waals surface area contributed by atoms with Crippen LogP contribution < -0.4 is 0 Å². The number of hydrogen-bond donors (Lipinski definition) is 1. The van der Waals surface area contributed by atoms with E-state index in [0.717, 1.165) is 0 Å². The molecule has 1 N–H and O–H groups in total. The highest BCUT2D eigenvalue weighted by Gasteiger charge is 2.26. The molecule has 0 saturated carbocycles. The second-order valence-corrected chi connectivity index (χ2v) is 5.29. The molecule has 1 aromatic heterocycles. The van der Waals surface area contributed by atoms with Crippen molar-refractivity contribution in [2.24, 2.45) is 5.92 Å². The van der Waals surface area contributed by atoms with Gasteiger partial charge in [-0.1, -0.05) is 13.8 Å². The van der Waals surface area contributed by atoms with Crippen LogP contribution in [-0.4, -0.2) is 26.8 Å². The minimum Gasteiger partial charge on any atom is -0.385 e. The van der Waals surface area contributed by atoms with E-state index < -0.39 is 6.10 Å². The molecule has 0 amide bonds. The third-order valence-corrected chi connectivity index (χ3v) is 2.95. The SMILES string of the molecule is CC(C)C(O)C(=O)c1c(Br)cnn1C(C)C. The van der Waals surface area contributed by atoms with Crippen molar-refractivity contribution in [3.8, 4) is 0 Å². The van der Waals surface area contributed by atoms with Crippen molar-refractivity contribution in [3.05, 3.63) is 16.4 Å². The fourth-order valence-corrected chi connectivity index (χ4v) is 1.87. The molecule has 0 aliphatic heterocycles. The van der Waals surface area contributed by atoms with Gasteiger partial charge in [-0.2, -0.15) is 5.10 Å². The van der Waals surface area contributed by atoms with Crippen LogP contribution in [0.5, 0.6) is 0 Å². The molecule has 0 radical (unpaired) electrons. The number of aliphatic hydroxyl groups excluding tert-OH is 1. The molecule has 0 aliphatic rings. The molecule has 1 rings (SSSR count). The highest BCUT2D eigenvalue weighted by Crippen LogP contribution is 2.22. The van der Waals surface area contributed by atoms with Gasteiger partial charge in [-0.15, -0.1) is 0 Å². The Hall–Kier alpha value is -0.680. The summed E-state index contributed by atoms with van der Waals surface area (Å²) in [5, 5.41) is 13.9. The van der Waals surface area contributed by atoms with Crippen LogP contribution in [0.3, 0.4) is 0 Å². The van der Waals surface area contributed by atoms with Crippen molar-refractivity contribution in [1.82, 2.24) is 9.78 Å². The molecule has 4 nitrogen and oxygen atoms in total. The average molecular weight is 289 g/mol. The third-order valence-electron chi connectivity index (χ3n) is 2.37. The van der Waals surface area contributed by atoms with Crippen LogP contribution in [0.4, 0.5) is 0 Å². The highest BCUT2D eigenvalue weighted by molar-refractivity contribution is 9.10. The zero-order valence-electron chi connectivity index (χ0n) is 9.94. The lowest BCUT2D eigenvalue weighted by atomic mass is 10.0. The second kappa shape index (κ2) is 5.10. The summed E-state index contributed by atoms with van der Waals surface area (Å²) in [6, 6.07) is 0.0876. The summed E-state index contributed by atoms with van der Waals surface area (Å²) in [7, 11) is 0.